The number of imide groups is 2. The van der Waals surface area contributed by atoms with Crippen LogP contribution >= 0.6 is 0 Å². The molecule has 3 aliphatic heterocycles. The van der Waals surface area contributed by atoms with Crippen LogP contribution in [0.25, 0.3) is 0 Å². The first-order valence-electron chi connectivity index (χ1n) is 10.9. The van der Waals surface area contributed by atoms with Crippen LogP contribution in [-0.2, 0) is 9.59 Å². The molecule has 1 aromatic rings. The van der Waals surface area contributed by atoms with Gasteiger partial charge in [-0.1, -0.05) is 0 Å². The minimum absolute atomic E-state index is 0.00693. The minimum Gasteiger partial charge on any atom is -0.396 e. The van der Waals surface area contributed by atoms with E-state index in [9.17, 15) is 28.7 Å². The quantitative estimate of drug-likeness (QED) is 0.484. The molecule has 0 bridgehead atoms. The van der Waals surface area contributed by atoms with Gasteiger partial charge in [-0.15, -0.1) is 0 Å². The maximum absolute atomic E-state index is 14.8. The number of piperidine rings is 2. The van der Waals surface area contributed by atoms with E-state index in [0.717, 1.165) is 43.3 Å². The van der Waals surface area contributed by atoms with Gasteiger partial charge in [0, 0.05) is 18.4 Å². The number of fused-ring (bicyclic) bond motifs is 1. The molecule has 4 aliphatic rings. The third-order valence-corrected chi connectivity index (χ3v) is 7.70. The summed E-state index contributed by atoms with van der Waals surface area (Å²) in [7, 11) is 0. The van der Waals surface area contributed by atoms with Gasteiger partial charge in [-0.2, -0.15) is 0 Å². The fourth-order valence-electron chi connectivity index (χ4n) is 5.71. The monoisotopic (exact) mass is 444 g/mol. The Morgan fingerprint density at radius 1 is 1.16 bits per heavy atom. The molecule has 5 rings (SSSR count). The molecule has 4 amide bonds. The first-order valence-corrected chi connectivity index (χ1v) is 10.9. The molecule has 3 fully saturated rings. The van der Waals surface area contributed by atoms with Crippen LogP contribution in [0.1, 0.15) is 52.8 Å². The molecular formula is C22H25FN4O5. The van der Waals surface area contributed by atoms with Crippen molar-refractivity contribution >= 4 is 29.3 Å². The lowest BCUT2D eigenvalue weighted by Gasteiger charge is -2.29. The van der Waals surface area contributed by atoms with Crippen molar-refractivity contribution in [2.45, 2.75) is 38.1 Å². The number of aliphatic hydroxyl groups is 1. The molecule has 1 saturated carbocycles. The Bertz CT molecular complexity index is 1040. The standard InChI is InChI=1S/C22H25FN4O5/c23-13-2-1-12-16(20(32)27(19(12)31)14-3-4-15(29)26-18(14)30)17(13)25-10-22(11-28)9-21(22)5-7-24-8-6-21/h1-2,14,24-25,28H,3-11H2,(H,26,29,30). The Labute approximate surface area is 183 Å². The number of nitrogens with zero attached hydrogens (tertiary/aromatic N) is 1. The molecule has 9 nitrogen and oxygen atoms in total. The molecule has 2 unspecified atom stereocenters. The van der Waals surface area contributed by atoms with Crippen molar-refractivity contribution in [2.24, 2.45) is 10.8 Å². The van der Waals surface area contributed by atoms with Gasteiger partial charge in [0.2, 0.25) is 11.8 Å². The molecule has 3 heterocycles. The molecule has 1 spiro atoms. The number of anilines is 1. The van der Waals surface area contributed by atoms with Crippen LogP contribution in [0.3, 0.4) is 0 Å². The summed E-state index contributed by atoms with van der Waals surface area (Å²) in [5.41, 5.74) is -0.576. The Kier molecular flexibility index (Phi) is 4.82. The van der Waals surface area contributed by atoms with E-state index in [1.54, 1.807) is 0 Å². The van der Waals surface area contributed by atoms with Crippen LogP contribution in [-0.4, -0.2) is 65.9 Å². The van der Waals surface area contributed by atoms with E-state index in [1.807, 2.05) is 0 Å². The summed E-state index contributed by atoms with van der Waals surface area (Å²) < 4.78 is 14.8. The Morgan fingerprint density at radius 2 is 1.91 bits per heavy atom. The Hall–Kier alpha value is -2.85. The second kappa shape index (κ2) is 7.35. The number of amides is 4. The predicted molar refractivity (Wildman–Crippen MR) is 110 cm³/mol. The van der Waals surface area contributed by atoms with E-state index in [-0.39, 0.29) is 48.2 Å². The largest absolute Gasteiger partial charge is 0.396 e. The van der Waals surface area contributed by atoms with E-state index in [2.05, 4.69) is 16.0 Å². The molecule has 1 aliphatic carbocycles. The molecule has 2 saturated heterocycles. The highest BCUT2D eigenvalue weighted by atomic mass is 19.1. The normalized spacial score (nSPS) is 28.7. The van der Waals surface area contributed by atoms with Gasteiger partial charge in [0.15, 0.2) is 0 Å². The molecular weight excluding hydrogens is 419 g/mol. The van der Waals surface area contributed by atoms with Gasteiger partial charge in [0.25, 0.3) is 11.8 Å². The van der Waals surface area contributed by atoms with Gasteiger partial charge in [-0.3, -0.25) is 29.4 Å². The number of nitrogens with one attached hydrogen (secondary N) is 3. The third kappa shape index (κ3) is 2.96. The number of hydrogen-bond acceptors (Lipinski definition) is 7. The van der Waals surface area contributed by atoms with Crippen LogP contribution in [0.15, 0.2) is 12.1 Å². The van der Waals surface area contributed by atoms with Crippen molar-refractivity contribution in [3.8, 4) is 0 Å². The third-order valence-electron chi connectivity index (χ3n) is 7.70. The van der Waals surface area contributed by atoms with Gasteiger partial charge in [-0.05, 0) is 56.3 Å². The number of benzene rings is 1. The van der Waals surface area contributed by atoms with Crippen LogP contribution in [0.4, 0.5) is 10.1 Å². The van der Waals surface area contributed by atoms with E-state index < -0.39 is 40.9 Å². The van der Waals surface area contributed by atoms with Crippen molar-refractivity contribution in [3.05, 3.63) is 29.1 Å². The predicted octanol–water partition coefficient (Wildman–Crippen LogP) is 0.391. The van der Waals surface area contributed by atoms with E-state index in [0.29, 0.717) is 0 Å². The van der Waals surface area contributed by atoms with Gasteiger partial charge >= 0.3 is 0 Å². The average Bonchev–Trinajstić information content (AvgIpc) is 3.30. The van der Waals surface area contributed by atoms with E-state index in [4.69, 9.17) is 0 Å². The summed E-state index contributed by atoms with van der Waals surface area (Å²) in [5.74, 6) is -3.28. The molecule has 32 heavy (non-hydrogen) atoms. The van der Waals surface area contributed by atoms with Crippen molar-refractivity contribution in [2.75, 3.05) is 31.6 Å². The second-order valence-electron chi connectivity index (χ2n) is 9.29. The summed E-state index contributed by atoms with van der Waals surface area (Å²) in [5, 5.41) is 18.6. The van der Waals surface area contributed by atoms with Gasteiger partial charge < -0.3 is 15.7 Å². The summed E-state index contributed by atoms with van der Waals surface area (Å²) in [6.07, 6.45) is 2.71. The Morgan fingerprint density at radius 3 is 2.59 bits per heavy atom. The SMILES string of the molecule is O=C1CCC(N2C(=O)c3ccc(F)c(NCC4(CO)CC45CCNCC5)c3C2=O)C(=O)N1. The van der Waals surface area contributed by atoms with Gasteiger partial charge in [0.05, 0.1) is 23.4 Å². The van der Waals surface area contributed by atoms with Crippen LogP contribution in [0.5, 0.6) is 0 Å². The highest BCUT2D eigenvalue weighted by molar-refractivity contribution is 6.25. The van der Waals surface area contributed by atoms with Crippen LogP contribution in [0.2, 0.25) is 0 Å². The fourth-order valence-corrected chi connectivity index (χ4v) is 5.71. The number of aliphatic hydroxyl groups excluding tert-OH is 1. The fraction of sp³-hybridized carbons (Fsp3) is 0.545. The lowest BCUT2D eigenvalue weighted by molar-refractivity contribution is -0.136. The number of carbonyl (C=O) groups excluding carboxylic acids is 4. The highest BCUT2D eigenvalue weighted by Crippen LogP contribution is 2.68. The maximum Gasteiger partial charge on any atom is 0.264 e. The topological polar surface area (TPSA) is 128 Å². The first kappa shape index (κ1) is 21.0. The summed E-state index contributed by atoms with van der Waals surface area (Å²) in [4.78, 5) is 50.7. The lowest BCUT2D eigenvalue weighted by atomic mass is 9.85. The van der Waals surface area contributed by atoms with Crippen molar-refractivity contribution in [1.29, 1.82) is 0 Å². The van der Waals surface area contributed by atoms with Crippen LogP contribution in [0, 0.1) is 16.6 Å². The second-order valence-corrected chi connectivity index (χ2v) is 9.29. The van der Waals surface area contributed by atoms with Crippen molar-refractivity contribution in [3.63, 3.8) is 0 Å². The number of rotatable bonds is 5. The van der Waals surface area contributed by atoms with Crippen molar-refractivity contribution in [1.82, 2.24) is 15.5 Å². The average molecular weight is 444 g/mol. The molecule has 10 heteroatoms. The van der Waals surface area contributed by atoms with Gasteiger partial charge in [-0.25, -0.2) is 4.39 Å². The van der Waals surface area contributed by atoms with Gasteiger partial charge in [0.1, 0.15) is 11.9 Å². The number of hydrogen-bond donors (Lipinski definition) is 4. The smallest absolute Gasteiger partial charge is 0.264 e. The summed E-state index contributed by atoms with van der Waals surface area (Å²) in [6, 6.07) is 1.26. The highest BCUT2D eigenvalue weighted by Gasteiger charge is 2.66. The molecule has 0 aromatic heterocycles. The zero-order valence-electron chi connectivity index (χ0n) is 17.5. The molecule has 170 valence electrons. The molecule has 0 radical (unpaired) electrons. The number of carbonyl (C=O) groups is 4. The lowest BCUT2D eigenvalue weighted by Crippen LogP contribution is -2.54. The Balaban J connectivity index is 1.41. The molecule has 1 aromatic carbocycles. The zero-order chi connectivity index (χ0) is 22.7. The van der Waals surface area contributed by atoms with E-state index in [1.165, 1.54) is 6.07 Å². The maximum atomic E-state index is 14.8. The summed E-state index contributed by atoms with van der Waals surface area (Å²) >= 11 is 0. The molecule has 2 atom stereocenters. The van der Waals surface area contributed by atoms with E-state index >= 15 is 0 Å². The number of halogens is 1. The zero-order valence-corrected chi connectivity index (χ0v) is 17.5. The first-order chi connectivity index (χ1) is 15.3. The molecule has 4 N–H and O–H groups in total. The van der Waals surface area contributed by atoms with Crippen molar-refractivity contribution < 1.29 is 28.7 Å². The van der Waals surface area contributed by atoms with Crippen LogP contribution < -0.4 is 16.0 Å². The summed E-state index contributed by atoms with van der Waals surface area (Å²) in [6.45, 7) is 1.96. The minimum atomic E-state index is -1.11.